The number of fused-ring (bicyclic) bond motifs is 1. The number of hydrogen-bond acceptors (Lipinski definition) is 4. The molecule has 0 aliphatic heterocycles. The van der Waals surface area contributed by atoms with E-state index in [1.54, 1.807) is 11.2 Å². The lowest BCUT2D eigenvalue weighted by atomic mass is 10.0. The number of aryl methyl sites for hydroxylation is 3. The van der Waals surface area contributed by atoms with Crippen molar-refractivity contribution >= 4 is 32.6 Å². The minimum absolute atomic E-state index is 0.0131. The number of anilines is 1. The molecule has 0 spiro atoms. The summed E-state index contributed by atoms with van der Waals surface area (Å²) < 4.78 is 6.58. The third-order valence-corrected chi connectivity index (χ3v) is 5.84. The SMILES string of the molecule is Cc1ccc(CC(=O)N(Cc2ccco2)c2nc3ccc(C)cc3s2)c(C)c1. The van der Waals surface area contributed by atoms with Crippen LogP contribution >= 0.6 is 11.3 Å². The van der Waals surface area contributed by atoms with E-state index >= 15 is 0 Å². The van der Waals surface area contributed by atoms with Crippen LogP contribution in [-0.2, 0) is 17.8 Å². The van der Waals surface area contributed by atoms with Crippen molar-refractivity contribution in [3.63, 3.8) is 0 Å². The van der Waals surface area contributed by atoms with Gasteiger partial charge in [-0.05, 0) is 61.7 Å². The van der Waals surface area contributed by atoms with Crippen LogP contribution in [0.3, 0.4) is 0 Å². The van der Waals surface area contributed by atoms with E-state index < -0.39 is 0 Å². The van der Waals surface area contributed by atoms with Crippen molar-refractivity contribution in [1.29, 1.82) is 0 Å². The topological polar surface area (TPSA) is 46.3 Å². The molecular formula is C23H22N2O2S. The maximum atomic E-state index is 13.3. The summed E-state index contributed by atoms with van der Waals surface area (Å²) in [7, 11) is 0. The third kappa shape index (κ3) is 3.85. The second-order valence-electron chi connectivity index (χ2n) is 7.13. The van der Waals surface area contributed by atoms with E-state index in [-0.39, 0.29) is 5.91 Å². The van der Waals surface area contributed by atoms with E-state index in [0.29, 0.717) is 18.1 Å². The quantitative estimate of drug-likeness (QED) is 0.446. The fourth-order valence-corrected chi connectivity index (χ4v) is 4.34. The largest absolute Gasteiger partial charge is 0.467 e. The molecule has 142 valence electrons. The maximum absolute atomic E-state index is 13.3. The number of hydrogen-bond donors (Lipinski definition) is 0. The van der Waals surface area contributed by atoms with Crippen molar-refractivity contribution in [2.75, 3.05) is 4.90 Å². The molecule has 28 heavy (non-hydrogen) atoms. The minimum atomic E-state index is 0.0131. The highest BCUT2D eigenvalue weighted by Crippen LogP contribution is 2.31. The Morgan fingerprint density at radius 1 is 1.07 bits per heavy atom. The van der Waals surface area contributed by atoms with Gasteiger partial charge in [-0.2, -0.15) is 0 Å². The van der Waals surface area contributed by atoms with Crippen LogP contribution < -0.4 is 4.90 Å². The van der Waals surface area contributed by atoms with Crippen molar-refractivity contribution < 1.29 is 9.21 Å². The van der Waals surface area contributed by atoms with Gasteiger partial charge in [-0.25, -0.2) is 4.98 Å². The second-order valence-corrected chi connectivity index (χ2v) is 8.14. The van der Waals surface area contributed by atoms with Gasteiger partial charge in [0.2, 0.25) is 5.91 Å². The fraction of sp³-hybridized carbons (Fsp3) is 0.217. The van der Waals surface area contributed by atoms with E-state index in [9.17, 15) is 4.79 Å². The predicted octanol–water partition coefficient (Wildman–Crippen LogP) is 5.59. The van der Waals surface area contributed by atoms with Gasteiger partial charge >= 0.3 is 0 Å². The Morgan fingerprint density at radius 2 is 1.86 bits per heavy atom. The lowest BCUT2D eigenvalue weighted by Gasteiger charge is -2.19. The standard InChI is InChI=1S/C23H22N2O2S/c1-15-6-8-18(17(3)11-15)13-22(26)25(14-19-5-4-10-27-19)23-24-20-9-7-16(2)12-21(20)28-23/h4-12H,13-14H2,1-3H3. The lowest BCUT2D eigenvalue weighted by Crippen LogP contribution is -2.31. The van der Waals surface area contributed by atoms with Crippen LogP contribution in [-0.4, -0.2) is 10.9 Å². The van der Waals surface area contributed by atoms with Crippen LogP contribution in [0.15, 0.2) is 59.2 Å². The summed E-state index contributed by atoms with van der Waals surface area (Å²) in [6.45, 7) is 6.54. The van der Waals surface area contributed by atoms with Crippen molar-refractivity contribution in [3.05, 3.63) is 82.8 Å². The molecule has 0 N–H and O–H groups in total. The van der Waals surface area contributed by atoms with Gasteiger partial charge in [0.25, 0.3) is 0 Å². The zero-order chi connectivity index (χ0) is 19.7. The molecule has 0 radical (unpaired) electrons. The number of benzene rings is 2. The smallest absolute Gasteiger partial charge is 0.233 e. The number of thiazole rings is 1. The lowest BCUT2D eigenvalue weighted by molar-refractivity contribution is -0.118. The average molecular weight is 391 g/mol. The van der Waals surface area contributed by atoms with E-state index in [2.05, 4.69) is 26.0 Å². The van der Waals surface area contributed by atoms with Gasteiger partial charge in [-0.3, -0.25) is 9.69 Å². The number of nitrogens with zero attached hydrogens (tertiary/aromatic N) is 2. The Kier molecular flexibility index (Phi) is 5.01. The van der Waals surface area contributed by atoms with Crippen molar-refractivity contribution in [2.45, 2.75) is 33.7 Å². The third-order valence-electron chi connectivity index (χ3n) is 4.80. The highest BCUT2D eigenvalue weighted by molar-refractivity contribution is 7.22. The van der Waals surface area contributed by atoms with Gasteiger partial charge in [0.05, 0.1) is 29.4 Å². The molecule has 2 heterocycles. The second kappa shape index (κ2) is 7.60. The molecule has 5 heteroatoms. The van der Waals surface area contributed by atoms with Gasteiger partial charge in [-0.15, -0.1) is 0 Å². The molecule has 2 aromatic carbocycles. The van der Waals surface area contributed by atoms with Crippen LogP contribution in [0.1, 0.15) is 28.0 Å². The highest BCUT2D eigenvalue weighted by Gasteiger charge is 2.22. The van der Waals surface area contributed by atoms with E-state index in [0.717, 1.165) is 27.1 Å². The number of carbonyl (C=O) groups excluding carboxylic acids is 1. The molecule has 0 fully saturated rings. The zero-order valence-electron chi connectivity index (χ0n) is 16.2. The summed E-state index contributed by atoms with van der Waals surface area (Å²) in [5.41, 5.74) is 5.46. The van der Waals surface area contributed by atoms with Gasteiger partial charge in [0, 0.05) is 0 Å². The molecule has 4 aromatic rings. The number of aromatic nitrogens is 1. The van der Waals surface area contributed by atoms with Crippen molar-refractivity contribution in [3.8, 4) is 0 Å². The molecule has 2 aromatic heterocycles. The first kappa shape index (κ1) is 18.4. The highest BCUT2D eigenvalue weighted by atomic mass is 32.1. The van der Waals surface area contributed by atoms with E-state index in [1.165, 1.54) is 22.5 Å². The Morgan fingerprint density at radius 3 is 2.61 bits per heavy atom. The van der Waals surface area contributed by atoms with E-state index in [1.807, 2.05) is 43.3 Å². The fourth-order valence-electron chi connectivity index (χ4n) is 3.26. The molecule has 0 atom stereocenters. The van der Waals surface area contributed by atoms with E-state index in [4.69, 9.17) is 9.40 Å². The van der Waals surface area contributed by atoms with Crippen LogP contribution in [0.5, 0.6) is 0 Å². The first-order valence-corrected chi connectivity index (χ1v) is 10.1. The molecule has 0 aliphatic rings. The minimum Gasteiger partial charge on any atom is -0.467 e. The summed E-state index contributed by atoms with van der Waals surface area (Å²) in [4.78, 5) is 19.7. The normalized spacial score (nSPS) is 11.1. The molecule has 0 aliphatic carbocycles. The van der Waals surface area contributed by atoms with Crippen molar-refractivity contribution in [1.82, 2.24) is 4.98 Å². The van der Waals surface area contributed by atoms with Crippen LogP contribution in [0, 0.1) is 20.8 Å². The molecule has 4 rings (SSSR count). The van der Waals surface area contributed by atoms with Crippen LogP contribution in [0.25, 0.3) is 10.2 Å². The molecule has 0 saturated heterocycles. The molecule has 1 amide bonds. The van der Waals surface area contributed by atoms with Gasteiger partial charge < -0.3 is 4.42 Å². The van der Waals surface area contributed by atoms with Gasteiger partial charge in [0.1, 0.15) is 5.76 Å². The summed E-state index contributed by atoms with van der Waals surface area (Å²) in [5.74, 6) is 0.753. The first-order valence-electron chi connectivity index (χ1n) is 9.25. The molecule has 4 nitrogen and oxygen atoms in total. The van der Waals surface area contributed by atoms with Gasteiger partial charge in [0.15, 0.2) is 5.13 Å². The number of rotatable bonds is 5. The number of carbonyl (C=O) groups is 1. The molecule has 0 bridgehead atoms. The Labute approximate surface area is 168 Å². The monoisotopic (exact) mass is 390 g/mol. The zero-order valence-corrected chi connectivity index (χ0v) is 17.0. The van der Waals surface area contributed by atoms with Crippen LogP contribution in [0.2, 0.25) is 0 Å². The summed E-state index contributed by atoms with van der Waals surface area (Å²) in [6, 6.07) is 16.1. The Hall–Kier alpha value is -2.92. The molecule has 0 saturated carbocycles. The summed E-state index contributed by atoms with van der Waals surface area (Å²) in [6.07, 6.45) is 1.96. The average Bonchev–Trinajstić information content (AvgIpc) is 3.30. The van der Waals surface area contributed by atoms with Gasteiger partial charge in [-0.1, -0.05) is 41.2 Å². The van der Waals surface area contributed by atoms with Crippen LogP contribution in [0.4, 0.5) is 5.13 Å². The predicted molar refractivity (Wildman–Crippen MR) is 114 cm³/mol. The first-order chi connectivity index (χ1) is 13.5. The summed E-state index contributed by atoms with van der Waals surface area (Å²) in [5, 5.41) is 0.701. The Bertz CT molecular complexity index is 1130. The Balaban J connectivity index is 1.68. The number of furan rings is 1. The number of amides is 1. The molecular weight excluding hydrogens is 368 g/mol. The maximum Gasteiger partial charge on any atom is 0.233 e. The summed E-state index contributed by atoms with van der Waals surface area (Å²) >= 11 is 1.54. The molecule has 0 unspecified atom stereocenters. The van der Waals surface area contributed by atoms with Crippen molar-refractivity contribution in [2.24, 2.45) is 0 Å².